The summed E-state index contributed by atoms with van der Waals surface area (Å²) in [6.45, 7) is 2.26. The topological polar surface area (TPSA) is 100 Å². The molecule has 142 valence electrons. The van der Waals surface area contributed by atoms with Crippen LogP contribution in [0.2, 0.25) is 0 Å². The number of nitrogens with one attached hydrogen (secondary N) is 2. The monoisotopic (exact) mass is 376 g/mol. The van der Waals surface area contributed by atoms with E-state index in [0.29, 0.717) is 17.0 Å². The summed E-state index contributed by atoms with van der Waals surface area (Å²) in [6.07, 6.45) is 4.72. The van der Waals surface area contributed by atoms with Gasteiger partial charge in [-0.15, -0.1) is 0 Å². The molecular weight excluding hydrogens is 356 g/mol. The van der Waals surface area contributed by atoms with Crippen LogP contribution in [0.4, 0.5) is 5.69 Å². The number of aromatic nitrogens is 1. The number of carbonyl (C=O) groups excluding carboxylic acids is 1. The Morgan fingerprint density at radius 2 is 2.07 bits per heavy atom. The molecule has 2 aromatic carbocycles. The minimum Gasteiger partial charge on any atom is -0.358 e. The first kappa shape index (κ1) is 17.9. The van der Waals surface area contributed by atoms with Crippen molar-refractivity contribution in [3.63, 3.8) is 0 Å². The zero-order chi connectivity index (χ0) is 19.7. The van der Waals surface area contributed by atoms with Crippen molar-refractivity contribution in [2.75, 3.05) is 0 Å². The zero-order valence-corrected chi connectivity index (χ0v) is 15.4. The number of fused-ring (bicyclic) bond motifs is 3. The van der Waals surface area contributed by atoms with Crippen LogP contribution in [0.3, 0.4) is 0 Å². The van der Waals surface area contributed by atoms with Crippen molar-refractivity contribution in [1.29, 1.82) is 0 Å². The zero-order valence-electron chi connectivity index (χ0n) is 15.4. The van der Waals surface area contributed by atoms with Gasteiger partial charge in [0.15, 0.2) is 0 Å². The second kappa shape index (κ2) is 7.26. The molecule has 0 aliphatic heterocycles. The molecule has 0 bridgehead atoms. The summed E-state index contributed by atoms with van der Waals surface area (Å²) in [6, 6.07) is 11.6. The molecule has 1 aliphatic rings. The summed E-state index contributed by atoms with van der Waals surface area (Å²) in [5.74, 6) is 0.356. The average Bonchev–Trinajstić information content (AvgIpc) is 3.05. The van der Waals surface area contributed by atoms with E-state index in [1.807, 2.05) is 12.1 Å². The van der Waals surface area contributed by atoms with Crippen LogP contribution in [0.25, 0.3) is 10.9 Å². The van der Waals surface area contributed by atoms with E-state index in [2.05, 4.69) is 22.4 Å². The molecule has 2 N–H and O–H groups in total. The summed E-state index contributed by atoms with van der Waals surface area (Å²) in [5, 5.41) is 15.7. The number of carbonyl (C=O) groups is 1. The van der Waals surface area contributed by atoms with Gasteiger partial charge in [-0.3, -0.25) is 14.9 Å². The summed E-state index contributed by atoms with van der Waals surface area (Å²) >= 11 is 0. The van der Waals surface area contributed by atoms with Crippen molar-refractivity contribution in [1.82, 2.24) is 10.4 Å². The van der Waals surface area contributed by atoms with Gasteiger partial charge in [-0.25, -0.2) is 5.43 Å². The number of hydrogen-bond donors (Lipinski definition) is 2. The number of amides is 1. The SMILES string of the molecule is CC1CCc2[nH]c3ccc(C(=O)N/N=C\c4ccc([N+](=O)[O-])cc4)cc3c2C1. The Hall–Kier alpha value is -3.48. The summed E-state index contributed by atoms with van der Waals surface area (Å²) in [5.41, 5.74) is 7.40. The van der Waals surface area contributed by atoms with Crippen molar-refractivity contribution >= 4 is 28.7 Å². The molecule has 1 amide bonds. The molecule has 1 unspecified atom stereocenters. The van der Waals surface area contributed by atoms with E-state index in [0.717, 1.165) is 23.7 Å². The normalized spacial score (nSPS) is 16.2. The minimum atomic E-state index is -0.459. The Balaban J connectivity index is 1.49. The smallest absolute Gasteiger partial charge is 0.271 e. The molecule has 1 aliphatic carbocycles. The molecule has 1 atom stereocenters. The lowest BCUT2D eigenvalue weighted by atomic mass is 9.87. The number of aromatic amines is 1. The Labute approximate surface area is 161 Å². The van der Waals surface area contributed by atoms with Crippen LogP contribution in [0.5, 0.6) is 0 Å². The lowest BCUT2D eigenvalue weighted by molar-refractivity contribution is -0.384. The van der Waals surface area contributed by atoms with Gasteiger partial charge in [0, 0.05) is 34.3 Å². The van der Waals surface area contributed by atoms with E-state index in [9.17, 15) is 14.9 Å². The largest absolute Gasteiger partial charge is 0.358 e. The van der Waals surface area contributed by atoms with Gasteiger partial charge in [-0.05, 0) is 66.6 Å². The number of nitro groups is 1. The van der Waals surface area contributed by atoms with Crippen molar-refractivity contribution in [2.45, 2.75) is 26.2 Å². The van der Waals surface area contributed by atoms with Crippen LogP contribution < -0.4 is 5.43 Å². The predicted molar refractivity (Wildman–Crippen MR) is 108 cm³/mol. The van der Waals surface area contributed by atoms with Gasteiger partial charge < -0.3 is 4.98 Å². The van der Waals surface area contributed by atoms with Crippen molar-refractivity contribution < 1.29 is 9.72 Å². The fraction of sp³-hybridized carbons (Fsp3) is 0.238. The highest BCUT2D eigenvalue weighted by Crippen LogP contribution is 2.32. The summed E-state index contributed by atoms with van der Waals surface area (Å²) in [4.78, 5) is 26.1. The van der Waals surface area contributed by atoms with Crippen LogP contribution in [-0.4, -0.2) is 22.0 Å². The number of H-pyrrole nitrogens is 1. The van der Waals surface area contributed by atoms with E-state index in [4.69, 9.17) is 0 Å². The molecule has 0 saturated carbocycles. The van der Waals surface area contributed by atoms with Crippen LogP contribution in [0.15, 0.2) is 47.6 Å². The molecule has 0 radical (unpaired) electrons. The van der Waals surface area contributed by atoms with E-state index in [-0.39, 0.29) is 11.6 Å². The second-order valence-corrected chi connectivity index (χ2v) is 7.24. The number of rotatable bonds is 4. The van der Waals surface area contributed by atoms with E-state index >= 15 is 0 Å². The Morgan fingerprint density at radius 3 is 2.82 bits per heavy atom. The lowest BCUT2D eigenvalue weighted by Crippen LogP contribution is -2.17. The van der Waals surface area contributed by atoms with Crippen molar-refractivity contribution in [3.05, 3.63) is 75.0 Å². The number of aryl methyl sites for hydroxylation is 1. The van der Waals surface area contributed by atoms with Gasteiger partial charge in [0.2, 0.25) is 0 Å². The summed E-state index contributed by atoms with van der Waals surface area (Å²) < 4.78 is 0. The van der Waals surface area contributed by atoms with Crippen molar-refractivity contribution in [2.24, 2.45) is 11.0 Å². The first-order chi connectivity index (χ1) is 13.5. The van der Waals surface area contributed by atoms with Gasteiger partial charge in [-0.2, -0.15) is 5.10 Å². The third-order valence-corrected chi connectivity index (χ3v) is 5.18. The highest BCUT2D eigenvalue weighted by molar-refractivity contribution is 5.99. The second-order valence-electron chi connectivity index (χ2n) is 7.24. The maximum atomic E-state index is 12.5. The first-order valence-electron chi connectivity index (χ1n) is 9.22. The van der Waals surface area contributed by atoms with Crippen LogP contribution in [0, 0.1) is 16.0 Å². The fourth-order valence-corrected chi connectivity index (χ4v) is 3.64. The van der Waals surface area contributed by atoms with E-state index in [1.165, 1.54) is 36.0 Å². The molecule has 1 aromatic heterocycles. The third kappa shape index (κ3) is 3.51. The molecule has 0 spiro atoms. The number of hydrogen-bond acceptors (Lipinski definition) is 4. The number of benzene rings is 2. The number of non-ortho nitro benzene ring substituents is 1. The van der Waals surface area contributed by atoms with Gasteiger partial charge in [-0.1, -0.05) is 6.92 Å². The molecular formula is C21H20N4O3. The van der Waals surface area contributed by atoms with E-state index < -0.39 is 4.92 Å². The lowest BCUT2D eigenvalue weighted by Gasteiger charge is -2.18. The number of nitro benzene ring substituents is 1. The first-order valence-corrected chi connectivity index (χ1v) is 9.22. The van der Waals surface area contributed by atoms with Crippen LogP contribution in [-0.2, 0) is 12.8 Å². The van der Waals surface area contributed by atoms with Gasteiger partial charge >= 0.3 is 0 Å². The fourth-order valence-electron chi connectivity index (χ4n) is 3.64. The highest BCUT2D eigenvalue weighted by Gasteiger charge is 2.20. The quantitative estimate of drug-likeness (QED) is 0.409. The van der Waals surface area contributed by atoms with Gasteiger partial charge in [0.05, 0.1) is 11.1 Å². The maximum absolute atomic E-state index is 12.5. The molecule has 0 fully saturated rings. The Morgan fingerprint density at radius 1 is 1.29 bits per heavy atom. The van der Waals surface area contributed by atoms with Crippen LogP contribution >= 0.6 is 0 Å². The maximum Gasteiger partial charge on any atom is 0.271 e. The molecule has 0 saturated heterocycles. The molecule has 7 nitrogen and oxygen atoms in total. The summed E-state index contributed by atoms with van der Waals surface area (Å²) in [7, 11) is 0. The molecule has 4 rings (SSSR count). The Bertz CT molecular complexity index is 1080. The Kier molecular flexibility index (Phi) is 4.65. The number of hydrazone groups is 1. The number of nitrogens with zero attached hydrogens (tertiary/aromatic N) is 2. The molecule has 1 heterocycles. The average molecular weight is 376 g/mol. The third-order valence-electron chi connectivity index (χ3n) is 5.18. The van der Waals surface area contributed by atoms with Gasteiger partial charge in [0.1, 0.15) is 0 Å². The van der Waals surface area contributed by atoms with Crippen LogP contribution in [0.1, 0.15) is 40.5 Å². The van der Waals surface area contributed by atoms with Gasteiger partial charge in [0.25, 0.3) is 11.6 Å². The predicted octanol–water partition coefficient (Wildman–Crippen LogP) is 3.96. The minimum absolute atomic E-state index is 0.0126. The molecule has 28 heavy (non-hydrogen) atoms. The molecule has 3 aromatic rings. The standard InChI is InChI=1S/C21H20N4O3/c1-13-2-8-19-17(10-13)18-11-15(5-9-20(18)23-19)21(26)24-22-12-14-3-6-16(7-4-14)25(27)28/h3-7,9,11-13,23H,2,8,10H2,1H3,(H,24,26)/b22-12-. The molecule has 7 heteroatoms. The highest BCUT2D eigenvalue weighted by atomic mass is 16.6. The van der Waals surface area contributed by atoms with Crippen molar-refractivity contribution in [3.8, 4) is 0 Å². The van der Waals surface area contributed by atoms with E-state index in [1.54, 1.807) is 18.2 Å².